The molecule has 1 unspecified atom stereocenters. The van der Waals surface area contributed by atoms with Gasteiger partial charge in [-0.1, -0.05) is 34.8 Å². The smallest absolute Gasteiger partial charge is 0.257 e. The van der Waals surface area contributed by atoms with Crippen LogP contribution in [0.5, 0.6) is 0 Å². The van der Waals surface area contributed by atoms with Crippen LogP contribution in [-0.2, 0) is 4.79 Å². The molecule has 3 N–H and O–H groups in total. The third kappa shape index (κ3) is 5.90. The van der Waals surface area contributed by atoms with Crippen LogP contribution in [0.3, 0.4) is 0 Å². The second-order valence-corrected chi connectivity index (χ2v) is 11.2. The van der Waals surface area contributed by atoms with Gasteiger partial charge in [0.15, 0.2) is 0 Å². The van der Waals surface area contributed by atoms with E-state index in [-0.39, 0.29) is 22.0 Å². The van der Waals surface area contributed by atoms with Gasteiger partial charge in [-0.25, -0.2) is 4.39 Å². The Kier molecular flexibility index (Phi) is 7.74. The SMILES string of the molecule is CC(Cl)(Cl)C(C(=O)Nc1ccc(Cl)c(C(=O)Nc2cc(F)c3cc[nH]c3c2)c1)c1cc(Cl)cc(Cl)c1. The highest BCUT2D eigenvalue weighted by Crippen LogP contribution is 2.40. The minimum atomic E-state index is -1.52. The van der Waals surface area contributed by atoms with E-state index in [1.165, 1.54) is 37.3 Å². The normalized spacial score (nSPS) is 12.4. The van der Waals surface area contributed by atoms with Crippen LogP contribution in [-0.4, -0.2) is 21.1 Å². The Morgan fingerprint density at radius 3 is 2.28 bits per heavy atom. The number of hydrogen-bond acceptors (Lipinski definition) is 2. The van der Waals surface area contributed by atoms with E-state index in [0.29, 0.717) is 26.5 Å². The molecule has 0 saturated heterocycles. The maximum Gasteiger partial charge on any atom is 0.257 e. The Labute approximate surface area is 230 Å². The number of halogens is 6. The van der Waals surface area contributed by atoms with E-state index in [1.807, 2.05) is 0 Å². The van der Waals surface area contributed by atoms with Gasteiger partial charge in [-0.2, -0.15) is 0 Å². The first-order chi connectivity index (χ1) is 16.9. The van der Waals surface area contributed by atoms with Crippen LogP contribution in [0.15, 0.2) is 60.8 Å². The van der Waals surface area contributed by atoms with Gasteiger partial charge < -0.3 is 15.6 Å². The second-order valence-electron chi connectivity index (χ2n) is 8.13. The molecule has 36 heavy (non-hydrogen) atoms. The summed E-state index contributed by atoms with van der Waals surface area (Å²) in [4.78, 5) is 29.1. The van der Waals surface area contributed by atoms with E-state index in [9.17, 15) is 14.0 Å². The van der Waals surface area contributed by atoms with Crippen molar-refractivity contribution in [2.45, 2.75) is 17.2 Å². The molecule has 3 aromatic carbocycles. The van der Waals surface area contributed by atoms with Crippen LogP contribution >= 0.6 is 58.0 Å². The zero-order valence-electron chi connectivity index (χ0n) is 18.4. The molecule has 0 aliphatic heterocycles. The molecular formula is C25H17Cl5FN3O2. The minimum absolute atomic E-state index is 0.0586. The number of hydrogen-bond donors (Lipinski definition) is 3. The van der Waals surface area contributed by atoms with Crippen LogP contribution in [0, 0.1) is 5.82 Å². The maximum atomic E-state index is 14.3. The molecule has 5 nitrogen and oxygen atoms in total. The summed E-state index contributed by atoms with van der Waals surface area (Å²) < 4.78 is 12.8. The number of aromatic amines is 1. The average molecular weight is 588 g/mol. The zero-order valence-corrected chi connectivity index (χ0v) is 22.2. The maximum absolute atomic E-state index is 14.3. The van der Waals surface area contributed by atoms with Gasteiger partial charge in [0, 0.05) is 33.0 Å². The second kappa shape index (κ2) is 10.5. The van der Waals surface area contributed by atoms with Gasteiger partial charge in [-0.05, 0) is 67.1 Å². The van der Waals surface area contributed by atoms with E-state index < -0.39 is 27.9 Å². The number of alkyl halides is 2. The molecule has 0 aliphatic carbocycles. The van der Waals surface area contributed by atoms with Crippen LogP contribution in [0.1, 0.15) is 28.8 Å². The van der Waals surface area contributed by atoms with Gasteiger partial charge >= 0.3 is 0 Å². The largest absolute Gasteiger partial charge is 0.361 e. The van der Waals surface area contributed by atoms with Crippen LogP contribution < -0.4 is 10.6 Å². The summed E-state index contributed by atoms with van der Waals surface area (Å²) >= 11 is 31.1. The highest BCUT2D eigenvalue weighted by Gasteiger charge is 2.38. The van der Waals surface area contributed by atoms with E-state index in [2.05, 4.69) is 15.6 Å². The number of fused-ring (bicyclic) bond motifs is 1. The van der Waals surface area contributed by atoms with Crippen molar-refractivity contribution in [2.75, 3.05) is 10.6 Å². The quantitative estimate of drug-likeness (QED) is 0.198. The van der Waals surface area contributed by atoms with Gasteiger partial charge in [0.05, 0.1) is 22.0 Å². The number of rotatable bonds is 6. The average Bonchev–Trinajstić information content (AvgIpc) is 3.22. The van der Waals surface area contributed by atoms with Crippen LogP contribution in [0.4, 0.5) is 15.8 Å². The first-order valence-corrected chi connectivity index (χ1v) is 12.3. The minimum Gasteiger partial charge on any atom is -0.361 e. The lowest BCUT2D eigenvalue weighted by molar-refractivity contribution is -0.117. The molecule has 1 heterocycles. The van der Waals surface area contributed by atoms with E-state index in [0.717, 1.165) is 0 Å². The molecule has 0 spiro atoms. The molecule has 0 aliphatic rings. The molecule has 0 fully saturated rings. The fourth-order valence-corrected chi connectivity index (χ4v) is 5.00. The molecule has 0 radical (unpaired) electrons. The first kappa shape index (κ1) is 26.6. The van der Waals surface area contributed by atoms with E-state index >= 15 is 0 Å². The van der Waals surface area contributed by atoms with E-state index in [4.69, 9.17) is 58.0 Å². The van der Waals surface area contributed by atoms with Gasteiger partial charge in [0.2, 0.25) is 5.91 Å². The monoisotopic (exact) mass is 585 g/mol. The van der Waals surface area contributed by atoms with Gasteiger partial charge in [0.25, 0.3) is 5.91 Å². The Hall–Kier alpha value is -2.48. The third-order valence-corrected chi connectivity index (χ3v) is 6.54. The molecular weight excluding hydrogens is 571 g/mol. The molecule has 4 aromatic rings. The predicted molar refractivity (Wildman–Crippen MR) is 146 cm³/mol. The Bertz CT molecular complexity index is 1460. The molecule has 2 amide bonds. The van der Waals surface area contributed by atoms with Crippen molar-refractivity contribution in [1.82, 2.24) is 4.98 Å². The lowest BCUT2D eigenvalue weighted by atomic mass is 9.94. The van der Waals surface area contributed by atoms with Crippen molar-refractivity contribution in [3.05, 3.63) is 92.8 Å². The summed E-state index contributed by atoms with van der Waals surface area (Å²) in [6, 6.07) is 13.4. The Balaban J connectivity index is 1.59. The van der Waals surface area contributed by atoms with Crippen molar-refractivity contribution >= 4 is 92.1 Å². The Morgan fingerprint density at radius 1 is 0.917 bits per heavy atom. The summed E-state index contributed by atoms with van der Waals surface area (Å²) in [5, 5.41) is 6.48. The molecule has 0 saturated carbocycles. The number of carbonyl (C=O) groups excluding carboxylic acids is 2. The van der Waals surface area contributed by atoms with Crippen LogP contribution in [0.2, 0.25) is 15.1 Å². The summed E-state index contributed by atoms with van der Waals surface area (Å²) in [7, 11) is 0. The number of carbonyl (C=O) groups is 2. The van der Waals surface area contributed by atoms with Gasteiger partial charge in [-0.3, -0.25) is 9.59 Å². The zero-order chi connectivity index (χ0) is 26.2. The molecule has 186 valence electrons. The van der Waals surface area contributed by atoms with E-state index in [1.54, 1.807) is 30.5 Å². The summed E-state index contributed by atoms with van der Waals surface area (Å²) in [5.74, 6) is -2.71. The fraction of sp³-hybridized carbons (Fsp3) is 0.120. The highest BCUT2D eigenvalue weighted by atomic mass is 35.5. The molecule has 1 atom stereocenters. The standard InChI is InChI=1S/C25H17Cl5FN3O2/c1-25(29,30)22(12-6-13(26)8-14(27)7-12)24(36)33-15-2-3-19(28)18(9-15)23(35)34-16-10-20(31)17-4-5-32-21(17)11-16/h2-11,22,32H,1H3,(H,33,36)(H,34,35). The first-order valence-electron chi connectivity index (χ1n) is 10.4. The fourth-order valence-electron chi connectivity index (χ4n) is 3.80. The number of anilines is 2. The van der Waals surface area contributed by atoms with Crippen molar-refractivity contribution in [2.24, 2.45) is 0 Å². The van der Waals surface area contributed by atoms with Gasteiger partial charge in [-0.15, -0.1) is 23.2 Å². The Morgan fingerprint density at radius 2 is 1.61 bits per heavy atom. The molecule has 1 aromatic heterocycles. The predicted octanol–water partition coefficient (Wildman–Crippen LogP) is 8.44. The number of H-pyrrole nitrogens is 1. The van der Waals surface area contributed by atoms with Crippen molar-refractivity contribution in [1.29, 1.82) is 0 Å². The summed E-state index contributed by atoms with van der Waals surface area (Å²) in [6.45, 7) is 1.47. The van der Waals surface area contributed by atoms with Crippen molar-refractivity contribution < 1.29 is 14.0 Å². The summed E-state index contributed by atoms with van der Waals surface area (Å²) in [6.07, 6.45) is 1.60. The summed E-state index contributed by atoms with van der Waals surface area (Å²) in [5.41, 5.74) is 1.48. The number of benzene rings is 3. The third-order valence-electron chi connectivity index (χ3n) is 5.34. The van der Waals surface area contributed by atoms with Crippen LogP contribution in [0.25, 0.3) is 10.9 Å². The highest BCUT2D eigenvalue weighted by molar-refractivity contribution is 6.50. The van der Waals surface area contributed by atoms with Crippen molar-refractivity contribution in [3.8, 4) is 0 Å². The molecule has 11 heteroatoms. The van der Waals surface area contributed by atoms with Crippen molar-refractivity contribution in [3.63, 3.8) is 0 Å². The topological polar surface area (TPSA) is 74.0 Å². The number of amides is 2. The number of aromatic nitrogens is 1. The lowest BCUT2D eigenvalue weighted by Gasteiger charge is -2.26. The lowest BCUT2D eigenvalue weighted by Crippen LogP contribution is -2.32. The molecule has 0 bridgehead atoms. The number of nitrogens with one attached hydrogen (secondary N) is 3. The molecule has 4 rings (SSSR count). The van der Waals surface area contributed by atoms with Gasteiger partial charge in [0.1, 0.15) is 10.2 Å².